The van der Waals surface area contributed by atoms with Crippen LogP contribution in [0.5, 0.6) is 0 Å². The molecule has 0 amide bonds. The highest BCUT2D eigenvalue weighted by Crippen LogP contribution is 2.28. The third-order valence-corrected chi connectivity index (χ3v) is 3.07. The van der Waals surface area contributed by atoms with Gasteiger partial charge in [0.05, 0.1) is 5.69 Å². The summed E-state index contributed by atoms with van der Waals surface area (Å²) in [5.74, 6) is 0. The first kappa shape index (κ1) is 13.3. The Balaban J connectivity index is 2.51. The molecule has 0 atom stereocenters. The molecule has 0 aliphatic carbocycles. The molecule has 94 valence electrons. The zero-order chi connectivity index (χ0) is 13.3. The summed E-state index contributed by atoms with van der Waals surface area (Å²) in [5, 5.41) is 0.751. The molecule has 2 aromatic rings. The van der Waals surface area contributed by atoms with Gasteiger partial charge in [0.1, 0.15) is 10.3 Å². The van der Waals surface area contributed by atoms with Gasteiger partial charge in [-0.1, -0.05) is 44.0 Å². The molecule has 0 fully saturated rings. The molecule has 0 saturated carbocycles. The van der Waals surface area contributed by atoms with Crippen LogP contribution in [-0.2, 0) is 5.41 Å². The lowest BCUT2D eigenvalue weighted by molar-refractivity contribution is 0.589. The average molecular weight is 281 g/mol. The second-order valence-corrected chi connectivity index (χ2v) is 5.96. The van der Waals surface area contributed by atoms with Crippen LogP contribution < -0.4 is 0 Å². The summed E-state index contributed by atoms with van der Waals surface area (Å²) in [6.07, 6.45) is 1.80. The van der Waals surface area contributed by atoms with E-state index in [-0.39, 0.29) is 5.41 Å². The summed E-state index contributed by atoms with van der Waals surface area (Å²) in [4.78, 5) is 8.29. The minimum atomic E-state index is 0.0817. The molecule has 0 spiro atoms. The summed E-state index contributed by atoms with van der Waals surface area (Å²) in [5.41, 5.74) is 3.04. The number of nitrogens with zero attached hydrogens (tertiary/aromatic N) is 2. The quantitative estimate of drug-likeness (QED) is 0.705. The first-order valence-corrected chi connectivity index (χ1v) is 6.42. The van der Waals surface area contributed by atoms with Gasteiger partial charge in [-0.05, 0) is 35.2 Å². The van der Waals surface area contributed by atoms with Crippen molar-refractivity contribution >= 4 is 23.2 Å². The van der Waals surface area contributed by atoms with Crippen molar-refractivity contribution in [3.63, 3.8) is 0 Å². The molecule has 2 aromatic heterocycles. The number of hydrogen-bond acceptors (Lipinski definition) is 2. The Kier molecular flexibility index (Phi) is 3.60. The number of hydrogen-bond donors (Lipinski definition) is 0. The number of rotatable bonds is 1. The minimum absolute atomic E-state index is 0.0817. The van der Waals surface area contributed by atoms with E-state index >= 15 is 0 Å². The second kappa shape index (κ2) is 4.87. The van der Waals surface area contributed by atoms with E-state index in [2.05, 4.69) is 36.8 Å². The fraction of sp³-hybridized carbons (Fsp3) is 0.286. The lowest BCUT2D eigenvalue weighted by Gasteiger charge is -2.19. The van der Waals surface area contributed by atoms with Gasteiger partial charge >= 0.3 is 0 Å². The van der Waals surface area contributed by atoms with E-state index in [1.807, 2.05) is 6.07 Å². The highest BCUT2D eigenvalue weighted by Gasteiger charge is 2.14. The van der Waals surface area contributed by atoms with E-state index in [0.717, 1.165) is 11.3 Å². The van der Waals surface area contributed by atoms with Crippen LogP contribution >= 0.6 is 23.2 Å². The van der Waals surface area contributed by atoms with Gasteiger partial charge in [0.15, 0.2) is 0 Å². The third-order valence-electron chi connectivity index (χ3n) is 2.68. The molecule has 0 aliphatic rings. The normalized spacial score (nSPS) is 11.6. The highest BCUT2D eigenvalue weighted by atomic mass is 35.5. The molecule has 2 heterocycles. The fourth-order valence-electron chi connectivity index (χ4n) is 1.67. The standard InChI is InChI=1S/C14H14Cl2N2/c1-14(2,3)10-4-5-17-11(8-10)9-6-12(15)18-13(16)7-9/h4-8H,1-3H3. The van der Waals surface area contributed by atoms with Crippen LogP contribution in [0.15, 0.2) is 30.5 Å². The van der Waals surface area contributed by atoms with E-state index < -0.39 is 0 Å². The SMILES string of the molecule is CC(C)(C)c1ccnc(-c2cc(Cl)nc(Cl)c2)c1. The van der Waals surface area contributed by atoms with Crippen LogP contribution in [0.25, 0.3) is 11.3 Å². The van der Waals surface area contributed by atoms with Crippen LogP contribution in [0.3, 0.4) is 0 Å². The van der Waals surface area contributed by atoms with Crippen molar-refractivity contribution in [1.82, 2.24) is 9.97 Å². The van der Waals surface area contributed by atoms with E-state index in [4.69, 9.17) is 23.2 Å². The minimum Gasteiger partial charge on any atom is -0.256 e. The van der Waals surface area contributed by atoms with E-state index in [1.54, 1.807) is 18.3 Å². The van der Waals surface area contributed by atoms with Crippen molar-refractivity contribution in [1.29, 1.82) is 0 Å². The van der Waals surface area contributed by atoms with Gasteiger partial charge in [0, 0.05) is 11.8 Å². The molecule has 0 aliphatic heterocycles. The van der Waals surface area contributed by atoms with E-state index in [0.29, 0.717) is 10.3 Å². The fourth-order valence-corrected chi connectivity index (χ4v) is 2.13. The lowest BCUT2D eigenvalue weighted by Crippen LogP contribution is -2.11. The lowest BCUT2D eigenvalue weighted by atomic mass is 9.87. The molecule has 0 bridgehead atoms. The summed E-state index contributed by atoms with van der Waals surface area (Å²) in [6, 6.07) is 7.61. The Morgan fingerprint density at radius 1 is 1.00 bits per heavy atom. The predicted molar refractivity (Wildman–Crippen MR) is 76.2 cm³/mol. The predicted octanol–water partition coefficient (Wildman–Crippen LogP) is 4.75. The molecule has 4 heteroatoms. The van der Waals surface area contributed by atoms with Crippen molar-refractivity contribution in [2.75, 3.05) is 0 Å². The van der Waals surface area contributed by atoms with Gasteiger partial charge in [-0.15, -0.1) is 0 Å². The van der Waals surface area contributed by atoms with Crippen molar-refractivity contribution in [3.8, 4) is 11.3 Å². The maximum Gasteiger partial charge on any atom is 0.131 e. The Hall–Kier alpha value is -1.12. The Labute approximate surface area is 117 Å². The van der Waals surface area contributed by atoms with Gasteiger partial charge < -0.3 is 0 Å². The second-order valence-electron chi connectivity index (χ2n) is 5.18. The molecular formula is C14H14Cl2N2. The van der Waals surface area contributed by atoms with Crippen molar-refractivity contribution < 1.29 is 0 Å². The number of pyridine rings is 2. The molecule has 2 rings (SSSR count). The monoisotopic (exact) mass is 280 g/mol. The van der Waals surface area contributed by atoms with Crippen LogP contribution in [0, 0.1) is 0 Å². The molecule has 0 saturated heterocycles. The van der Waals surface area contributed by atoms with Crippen molar-refractivity contribution in [3.05, 3.63) is 46.3 Å². The van der Waals surface area contributed by atoms with Crippen molar-refractivity contribution in [2.24, 2.45) is 0 Å². The zero-order valence-corrected chi connectivity index (χ0v) is 12.0. The van der Waals surface area contributed by atoms with Crippen LogP contribution in [0.4, 0.5) is 0 Å². The smallest absolute Gasteiger partial charge is 0.131 e. The first-order valence-electron chi connectivity index (χ1n) is 5.66. The van der Waals surface area contributed by atoms with Gasteiger partial charge in [-0.2, -0.15) is 0 Å². The maximum atomic E-state index is 5.91. The number of halogens is 2. The summed E-state index contributed by atoms with van der Waals surface area (Å²) in [6.45, 7) is 6.50. The molecule has 0 radical (unpaired) electrons. The van der Waals surface area contributed by atoms with E-state index in [9.17, 15) is 0 Å². The summed E-state index contributed by atoms with van der Waals surface area (Å²) in [7, 11) is 0. The Morgan fingerprint density at radius 2 is 1.61 bits per heavy atom. The summed E-state index contributed by atoms with van der Waals surface area (Å²) >= 11 is 11.8. The van der Waals surface area contributed by atoms with Crippen LogP contribution in [-0.4, -0.2) is 9.97 Å². The zero-order valence-electron chi connectivity index (χ0n) is 10.5. The average Bonchev–Trinajstić information content (AvgIpc) is 2.27. The van der Waals surface area contributed by atoms with Crippen LogP contribution in [0.1, 0.15) is 26.3 Å². The molecule has 2 nitrogen and oxygen atoms in total. The Morgan fingerprint density at radius 3 is 2.17 bits per heavy atom. The molecule has 0 unspecified atom stereocenters. The molecule has 0 N–H and O–H groups in total. The van der Waals surface area contributed by atoms with Gasteiger partial charge in [0.25, 0.3) is 0 Å². The molecular weight excluding hydrogens is 267 g/mol. The van der Waals surface area contributed by atoms with Gasteiger partial charge in [-0.25, -0.2) is 4.98 Å². The third kappa shape index (κ3) is 3.01. The van der Waals surface area contributed by atoms with Gasteiger partial charge in [-0.3, -0.25) is 4.98 Å². The topological polar surface area (TPSA) is 25.8 Å². The van der Waals surface area contributed by atoms with Crippen LogP contribution in [0.2, 0.25) is 10.3 Å². The molecule has 0 aromatic carbocycles. The van der Waals surface area contributed by atoms with Gasteiger partial charge in [0.2, 0.25) is 0 Å². The number of aromatic nitrogens is 2. The maximum absolute atomic E-state index is 5.91. The molecule has 18 heavy (non-hydrogen) atoms. The first-order chi connectivity index (χ1) is 8.36. The largest absolute Gasteiger partial charge is 0.256 e. The summed E-state index contributed by atoms with van der Waals surface area (Å²) < 4.78 is 0. The highest BCUT2D eigenvalue weighted by molar-refractivity contribution is 6.32. The van der Waals surface area contributed by atoms with Crippen molar-refractivity contribution in [2.45, 2.75) is 26.2 Å². The Bertz CT molecular complexity index is 554. The van der Waals surface area contributed by atoms with E-state index in [1.165, 1.54) is 5.56 Å².